The second-order valence-electron chi connectivity index (χ2n) is 9.37. The summed E-state index contributed by atoms with van der Waals surface area (Å²) >= 11 is 0. The van der Waals surface area contributed by atoms with E-state index in [1.807, 2.05) is 18.2 Å². The first-order valence-electron chi connectivity index (χ1n) is 12.2. The zero-order chi connectivity index (χ0) is 24.4. The average molecular weight is 487 g/mol. The highest BCUT2D eigenvalue weighted by atomic mass is 31.2. The van der Waals surface area contributed by atoms with E-state index in [2.05, 4.69) is 72.8 Å². The van der Waals surface area contributed by atoms with Crippen LogP contribution in [0.2, 0.25) is 0 Å². The molecule has 0 radical (unpaired) electrons. The first-order valence-corrected chi connectivity index (χ1v) is 14.1. The Kier molecular flexibility index (Phi) is 6.67. The van der Waals surface area contributed by atoms with E-state index in [0.717, 1.165) is 40.7 Å². The second kappa shape index (κ2) is 9.87. The molecule has 0 bridgehead atoms. The molecule has 4 nitrogen and oxygen atoms in total. The van der Waals surface area contributed by atoms with Gasteiger partial charge in [-0.2, -0.15) is 0 Å². The van der Waals surface area contributed by atoms with Gasteiger partial charge in [-0.05, 0) is 73.8 Å². The van der Waals surface area contributed by atoms with Gasteiger partial charge >= 0.3 is 5.97 Å². The lowest BCUT2D eigenvalue weighted by Crippen LogP contribution is -2.44. The third-order valence-corrected chi connectivity index (χ3v) is 12.7. The molecule has 4 atom stereocenters. The molecule has 2 aliphatic carbocycles. The number of allylic oxidation sites excluding steroid dienone is 1. The van der Waals surface area contributed by atoms with Gasteiger partial charge in [0.25, 0.3) is 0 Å². The fourth-order valence-corrected chi connectivity index (χ4v) is 12.0. The van der Waals surface area contributed by atoms with E-state index in [1.54, 1.807) is 0 Å². The molecule has 0 saturated heterocycles. The van der Waals surface area contributed by atoms with Crippen molar-refractivity contribution in [1.29, 1.82) is 0 Å². The highest BCUT2D eigenvalue weighted by molar-refractivity contribution is 7.96. The Hall–Kier alpha value is -3.10. The highest BCUT2D eigenvalue weighted by Gasteiger charge is 2.66. The normalized spacial score (nSPS) is 25.1. The van der Waals surface area contributed by atoms with Crippen LogP contribution in [-0.2, 0) is 14.3 Å². The summed E-state index contributed by atoms with van der Waals surface area (Å²) in [5.41, 5.74) is 0.445. The summed E-state index contributed by atoms with van der Waals surface area (Å²) in [6.07, 6.45) is 2.82. The van der Waals surface area contributed by atoms with E-state index in [4.69, 9.17) is 9.47 Å². The van der Waals surface area contributed by atoms with Crippen molar-refractivity contribution in [2.75, 3.05) is 14.2 Å². The molecule has 0 N–H and O–H groups in total. The maximum absolute atomic E-state index is 13.6. The van der Waals surface area contributed by atoms with Crippen molar-refractivity contribution in [1.82, 2.24) is 0 Å². The lowest BCUT2D eigenvalue weighted by atomic mass is 9.92. The standard InChI is InChI=1S/C30H31O4P/c1-33-29(31)26-24-19-12-20-25(24)27(30(32)34-2)28(26)35(21-13-6-3-7-14-21,22-15-8-4-9-16-22)23-17-10-5-11-18-23/h3-11,13-18,24-26,28H,12,19-20H2,1-2H3/b30-27+. The van der Waals surface area contributed by atoms with Gasteiger partial charge in [0.15, 0.2) is 0 Å². The number of fused-ring (bicyclic) bond motifs is 1. The van der Waals surface area contributed by atoms with E-state index in [-0.39, 0.29) is 29.4 Å². The number of carbonyl (C=O) groups excluding carboxylic acids is 1. The van der Waals surface area contributed by atoms with Crippen LogP contribution >= 0.6 is 7.26 Å². The van der Waals surface area contributed by atoms with Crippen molar-refractivity contribution in [3.8, 4) is 0 Å². The largest absolute Gasteiger partial charge is 0.616 e. The lowest BCUT2D eigenvalue weighted by Gasteiger charge is -2.37. The van der Waals surface area contributed by atoms with Gasteiger partial charge in [0, 0.05) is 0 Å². The Morgan fingerprint density at radius 2 is 1.26 bits per heavy atom. The number of ether oxygens (including phenoxy) is 2. The fourth-order valence-electron chi connectivity index (χ4n) is 6.65. The molecule has 2 fully saturated rings. The van der Waals surface area contributed by atoms with Crippen molar-refractivity contribution < 1.29 is 19.4 Å². The van der Waals surface area contributed by atoms with Crippen LogP contribution in [0.1, 0.15) is 19.3 Å². The number of methoxy groups -OCH3 is 2. The van der Waals surface area contributed by atoms with Crippen molar-refractivity contribution in [3.05, 3.63) is 103 Å². The molecule has 0 aliphatic heterocycles. The molecule has 2 aliphatic rings. The molecular weight excluding hydrogens is 455 g/mol. The topological polar surface area (TPSA) is 58.6 Å². The molecule has 0 amide bonds. The molecular formula is C30H31O4P. The zero-order valence-electron chi connectivity index (χ0n) is 20.2. The smallest absolute Gasteiger partial charge is 0.313 e. The highest BCUT2D eigenvalue weighted by Crippen LogP contribution is 2.71. The van der Waals surface area contributed by atoms with E-state index in [0.29, 0.717) is 0 Å². The van der Waals surface area contributed by atoms with E-state index < -0.39 is 13.2 Å². The maximum atomic E-state index is 13.6. The number of hydrogen-bond donors (Lipinski definition) is 0. The van der Waals surface area contributed by atoms with Gasteiger partial charge in [-0.1, -0.05) is 61.0 Å². The van der Waals surface area contributed by atoms with Gasteiger partial charge < -0.3 is 14.6 Å². The first-order chi connectivity index (χ1) is 17.1. The molecule has 2 saturated carbocycles. The van der Waals surface area contributed by atoms with Crippen LogP contribution in [0.25, 0.3) is 0 Å². The monoisotopic (exact) mass is 486 g/mol. The predicted molar refractivity (Wildman–Crippen MR) is 139 cm³/mol. The third kappa shape index (κ3) is 3.76. The zero-order valence-corrected chi connectivity index (χ0v) is 21.1. The van der Waals surface area contributed by atoms with Crippen LogP contribution < -0.4 is 21.0 Å². The average Bonchev–Trinajstić information content (AvgIpc) is 3.51. The third-order valence-electron chi connectivity index (χ3n) is 7.89. The molecule has 0 heterocycles. The molecule has 5 rings (SSSR count). The van der Waals surface area contributed by atoms with Gasteiger partial charge in [-0.3, -0.25) is 4.79 Å². The Labute approximate surface area is 207 Å². The van der Waals surface area contributed by atoms with Crippen LogP contribution in [0.15, 0.2) is 103 Å². The van der Waals surface area contributed by atoms with Gasteiger partial charge in [-0.25, -0.2) is 0 Å². The van der Waals surface area contributed by atoms with Crippen LogP contribution in [0, 0.1) is 17.8 Å². The molecule has 3 aromatic carbocycles. The van der Waals surface area contributed by atoms with Crippen LogP contribution in [0.3, 0.4) is 0 Å². The summed E-state index contributed by atoms with van der Waals surface area (Å²) in [5, 5.41) is 17.0. The summed E-state index contributed by atoms with van der Waals surface area (Å²) in [5.74, 6) is -0.803. The molecule has 3 aromatic rings. The Bertz CT molecular complexity index is 1100. The van der Waals surface area contributed by atoms with E-state index in [9.17, 15) is 9.90 Å². The van der Waals surface area contributed by atoms with Crippen molar-refractivity contribution >= 4 is 29.1 Å². The van der Waals surface area contributed by atoms with Crippen LogP contribution in [-0.4, -0.2) is 25.8 Å². The first kappa shape index (κ1) is 23.6. The second-order valence-corrected chi connectivity index (χ2v) is 12.9. The van der Waals surface area contributed by atoms with Crippen molar-refractivity contribution in [2.45, 2.75) is 24.9 Å². The lowest BCUT2D eigenvalue weighted by molar-refractivity contribution is -0.355. The number of carbonyl (C=O) groups is 1. The summed E-state index contributed by atoms with van der Waals surface area (Å²) in [6.45, 7) is 0. The van der Waals surface area contributed by atoms with Gasteiger partial charge in [0.1, 0.15) is 34.8 Å². The number of benzene rings is 3. The number of hydrogen-bond acceptors (Lipinski definition) is 4. The van der Waals surface area contributed by atoms with E-state index in [1.165, 1.54) is 14.2 Å². The van der Waals surface area contributed by atoms with Crippen molar-refractivity contribution in [3.63, 3.8) is 0 Å². The summed E-state index contributed by atoms with van der Waals surface area (Å²) in [6, 6.07) is 31.3. The Balaban J connectivity index is 1.93. The SMILES string of the molecule is COC(=O)C1C2CCCC2/C(=C(/[O-])OC)C1[P+](c1ccccc1)(c1ccccc1)c1ccccc1. The fraction of sp³-hybridized carbons (Fsp3) is 0.300. The molecule has 5 heteroatoms. The number of esters is 1. The minimum Gasteiger partial charge on any atom is -0.616 e. The molecule has 35 heavy (non-hydrogen) atoms. The van der Waals surface area contributed by atoms with Gasteiger partial charge in [0.05, 0.1) is 13.1 Å². The summed E-state index contributed by atoms with van der Waals surface area (Å²) in [7, 11) is 0.379. The number of rotatable bonds is 6. The molecule has 180 valence electrons. The minimum atomic E-state index is -2.54. The molecule has 0 aromatic heterocycles. The summed E-state index contributed by atoms with van der Waals surface area (Å²) in [4.78, 5) is 13.6. The quantitative estimate of drug-likeness (QED) is 0.302. The van der Waals surface area contributed by atoms with E-state index >= 15 is 0 Å². The Morgan fingerprint density at radius 3 is 1.69 bits per heavy atom. The van der Waals surface area contributed by atoms with Gasteiger partial charge in [-0.15, -0.1) is 0 Å². The maximum Gasteiger partial charge on any atom is 0.313 e. The molecule has 4 unspecified atom stereocenters. The van der Waals surface area contributed by atoms with Crippen LogP contribution in [0.5, 0.6) is 0 Å². The van der Waals surface area contributed by atoms with Gasteiger partial charge in [0.2, 0.25) is 0 Å². The van der Waals surface area contributed by atoms with Crippen LogP contribution in [0.4, 0.5) is 0 Å². The minimum absolute atomic E-state index is 0.0343. The summed E-state index contributed by atoms with van der Waals surface area (Å²) < 4.78 is 10.9. The predicted octanol–water partition coefficient (Wildman–Crippen LogP) is 3.79. The Morgan fingerprint density at radius 1 is 0.771 bits per heavy atom. The molecule has 0 spiro atoms. The van der Waals surface area contributed by atoms with Crippen molar-refractivity contribution in [2.24, 2.45) is 17.8 Å².